The van der Waals surface area contributed by atoms with E-state index in [1.54, 1.807) is 0 Å². The highest BCUT2D eigenvalue weighted by atomic mass is 19.4. The number of alkyl halides is 3. The van der Waals surface area contributed by atoms with Crippen LogP contribution in [-0.2, 0) is 18.3 Å². The molecule has 2 unspecified atom stereocenters. The number of fused-ring (bicyclic) bond motifs is 3. The van der Waals surface area contributed by atoms with E-state index in [1.165, 1.54) is 5.56 Å². The fraction of sp³-hybridized carbons (Fsp3) is 0.436. The summed E-state index contributed by atoms with van der Waals surface area (Å²) in [5, 5.41) is 15.0. The van der Waals surface area contributed by atoms with Gasteiger partial charge in [0.2, 0.25) is 0 Å². The van der Waals surface area contributed by atoms with Crippen LogP contribution in [0.1, 0.15) is 93.6 Å². The van der Waals surface area contributed by atoms with Gasteiger partial charge < -0.3 is 19.8 Å². The van der Waals surface area contributed by atoms with E-state index in [4.69, 9.17) is 4.74 Å². The van der Waals surface area contributed by atoms with E-state index < -0.39 is 23.6 Å². The van der Waals surface area contributed by atoms with Gasteiger partial charge in [-0.2, -0.15) is 13.2 Å². The molecule has 0 saturated carbocycles. The van der Waals surface area contributed by atoms with Crippen molar-refractivity contribution in [3.8, 4) is 5.75 Å². The Kier molecular flexibility index (Phi) is 9.51. The topological polar surface area (TPSA) is 61.0 Å². The van der Waals surface area contributed by atoms with Gasteiger partial charge in [0.15, 0.2) is 0 Å². The van der Waals surface area contributed by atoms with Gasteiger partial charge in [0.05, 0.1) is 12.2 Å². The number of aromatic amines is 2. The van der Waals surface area contributed by atoms with E-state index in [1.807, 2.05) is 24.3 Å². The zero-order valence-corrected chi connectivity index (χ0v) is 26.7. The summed E-state index contributed by atoms with van der Waals surface area (Å²) >= 11 is 0. The van der Waals surface area contributed by atoms with Crippen molar-refractivity contribution in [3.63, 3.8) is 0 Å². The molecule has 0 fully saturated rings. The summed E-state index contributed by atoms with van der Waals surface area (Å²) in [6.07, 6.45) is 2.95. The van der Waals surface area contributed by atoms with Crippen molar-refractivity contribution in [2.75, 3.05) is 6.61 Å². The Morgan fingerprint density at radius 2 is 1.37 bits per heavy atom. The molecule has 0 aliphatic carbocycles. The summed E-state index contributed by atoms with van der Waals surface area (Å²) in [4.78, 5) is 7.25. The molecule has 0 amide bonds. The van der Waals surface area contributed by atoms with E-state index in [9.17, 15) is 18.3 Å². The van der Waals surface area contributed by atoms with Crippen LogP contribution >= 0.6 is 0 Å². The van der Waals surface area contributed by atoms with Gasteiger partial charge in [-0.25, -0.2) is 0 Å². The van der Waals surface area contributed by atoms with Gasteiger partial charge >= 0.3 is 6.18 Å². The minimum Gasteiger partial charge on any atom is -0.493 e. The minimum atomic E-state index is -4.07. The van der Waals surface area contributed by atoms with Crippen LogP contribution in [-0.4, -0.2) is 33.5 Å². The third-order valence-corrected chi connectivity index (χ3v) is 9.82. The van der Waals surface area contributed by atoms with E-state index in [2.05, 4.69) is 71.5 Å². The average molecular weight is 631 g/mol. The summed E-state index contributed by atoms with van der Waals surface area (Å²) in [5.41, 5.74) is 4.84. The first-order valence-corrected chi connectivity index (χ1v) is 16.8. The fourth-order valence-corrected chi connectivity index (χ4v) is 7.50. The van der Waals surface area contributed by atoms with Gasteiger partial charge in [-0.15, -0.1) is 0 Å². The maximum Gasteiger partial charge on any atom is 0.389 e. The molecular weight excluding hydrogens is 585 g/mol. The number of nitrogens with one attached hydrogen (secondary N) is 2. The first-order chi connectivity index (χ1) is 22.1. The van der Waals surface area contributed by atoms with Crippen LogP contribution < -0.4 is 4.74 Å². The van der Waals surface area contributed by atoms with Crippen molar-refractivity contribution in [1.82, 2.24) is 9.97 Å². The molecule has 5 aromatic rings. The summed E-state index contributed by atoms with van der Waals surface area (Å²) in [6.45, 7) is 2.89. The molecule has 1 aliphatic rings. The molecule has 1 aliphatic heterocycles. The fourth-order valence-electron chi connectivity index (χ4n) is 7.50. The average Bonchev–Trinajstić information content (AvgIpc) is 3.77. The highest BCUT2D eigenvalue weighted by molar-refractivity contribution is 5.81. The molecule has 7 heteroatoms. The summed E-state index contributed by atoms with van der Waals surface area (Å²) in [7, 11) is 0. The lowest BCUT2D eigenvalue weighted by Gasteiger charge is -2.39. The Labute approximate surface area is 269 Å². The first kappa shape index (κ1) is 32.2. The van der Waals surface area contributed by atoms with Gasteiger partial charge in [0.1, 0.15) is 5.75 Å². The maximum atomic E-state index is 12.7. The zero-order chi connectivity index (χ0) is 32.2. The molecule has 46 heavy (non-hydrogen) atoms. The Morgan fingerprint density at radius 3 is 2.04 bits per heavy atom. The normalized spacial score (nSPS) is 15.9. The molecule has 0 spiro atoms. The highest BCUT2D eigenvalue weighted by Crippen LogP contribution is 2.47. The lowest BCUT2D eigenvalue weighted by atomic mass is 9.68. The number of rotatable bonds is 15. The second-order valence-electron chi connectivity index (χ2n) is 13.5. The van der Waals surface area contributed by atoms with E-state index >= 15 is 0 Å². The summed E-state index contributed by atoms with van der Waals surface area (Å²) in [6, 6.07) is 27.2. The van der Waals surface area contributed by atoms with E-state index in [-0.39, 0.29) is 6.42 Å². The lowest BCUT2D eigenvalue weighted by molar-refractivity contribution is -0.135. The van der Waals surface area contributed by atoms with Gasteiger partial charge in [0.25, 0.3) is 0 Å². The number of para-hydroxylation sites is 3. The standard InChI is InChI=1S/C39H45F3N2O2/c1-37(32-17-13-16-28-20-23-46-36(28)32,35-25-30-15-8-10-19-34(30)44-35)27-38(45,26-31-24-29-14-7-9-18-33(29)43-31)21-11-5-3-2-4-6-12-22-39(40,41)42/h7-10,13-19,24-25,43-45H,2-6,11-12,20-23,26-27H2,1H3. The van der Waals surface area contributed by atoms with Crippen LogP contribution in [0.2, 0.25) is 0 Å². The number of aliphatic hydroxyl groups is 1. The number of benzene rings is 3. The molecule has 4 nitrogen and oxygen atoms in total. The van der Waals surface area contributed by atoms with Crippen molar-refractivity contribution >= 4 is 21.8 Å². The number of hydrogen-bond acceptors (Lipinski definition) is 2. The third-order valence-electron chi connectivity index (χ3n) is 9.82. The lowest BCUT2D eigenvalue weighted by Crippen LogP contribution is -2.41. The van der Waals surface area contributed by atoms with Gasteiger partial charge in [-0.05, 0) is 66.8 Å². The van der Waals surface area contributed by atoms with Gasteiger partial charge in [0, 0.05) is 52.7 Å². The van der Waals surface area contributed by atoms with Crippen molar-refractivity contribution in [1.29, 1.82) is 0 Å². The van der Waals surface area contributed by atoms with Crippen LogP contribution in [0.5, 0.6) is 5.75 Å². The summed E-state index contributed by atoms with van der Waals surface area (Å²) in [5.74, 6) is 0.933. The van der Waals surface area contributed by atoms with Crippen molar-refractivity contribution < 1.29 is 23.0 Å². The SMILES string of the molecule is CC(CC(O)(CCCCCCCCCC(F)(F)F)Cc1cc2ccccc2[nH]1)(c1cc2ccccc2[nH]1)c1cccc2c1OCC2. The van der Waals surface area contributed by atoms with Gasteiger partial charge in [-0.1, -0.05) is 93.1 Å². The highest BCUT2D eigenvalue weighted by Gasteiger charge is 2.43. The van der Waals surface area contributed by atoms with Crippen LogP contribution in [0.15, 0.2) is 78.9 Å². The van der Waals surface area contributed by atoms with Crippen LogP contribution in [0.25, 0.3) is 21.8 Å². The van der Waals surface area contributed by atoms with Gasteiger partial charge in [-0.3, -0.25) is 0 Å². The number of H-pyrrole nitrogens is 2. The number of halogens is 3. The second-order valence-corrected chi connectivity index (χ2v) is 13.5. The van der Waals surface area contributed by atoms with Crippen LogP contribution in [0, 0.1) is 0 Å². The molecular formula is C39H45F3N2O2. The van der Waals surface area contributed by atoms with E-state index in [0.29, 0.717) is 32.3 Å². The van der Waals surface area contributed by atoms with Crippen LogP contribution in [0.3, 0.4) is 0 Å². The Morgan fingerprint density at radius 1 is 0.739 bits per heavy atom. The molecule has 2 aromatic heterocycles. The smallest absolute Gasteiger partial charge is 0.389 e. The largest absolute Gasteiger partial charge is 0.493 e. The number of hydrogen-bond donors (Lipinski definition) is 3. The zero-order valence-electron chi connectivity index (χ0n) is 26.7. The molecule has 0 bridgehead atoms. The quantitative estimate of drug-likeness (QED) is 0.101. The summed E-state index contributed by atoms with van der Waals surface area (Å²) < 4.78 is 43.7. The predicted molar refractivity (Wildman–Crippen MR) is 180 cm³/mol. The molecule has 244 valence electrons. The monoisotopic (exact) mass is 630 g/mol. The third kappa shape index (κ3) is 7.46. The molecule has 3 N–H and O–H groups in total. The molecule has 0 radical (unpaired) electrons. The van der Waals surface area contributed by atoms with E-state index in [0.717, 1.165) is 83.0 Å². The molecule has 3 aromatic carbocycles. The number of ether oxygens (including phenoxy) is 1. The molecule has 6 rings (SSSR count). The van der Waals surface area contributed by atoms with Crippen molar-refractivity contribution in [2.24, 2.45) is 0 Å². The molecule has 0 saturated heterocycles. The Bertz CT molecular complexity index is 1690. The molecule has 3 heterocycles. The Balaban J connectivity index is 1.26. The number of unbranched alkanes of at least 4 members (excludes halogenated alkanes) is 6. The predicted octanol–water partition coefficient (Wildman–Crippen LogP) is 10.3. The molecule has 2 atom stereocenters. The second kappa shape index (κ2) is 13.6. The number of aromatic nitrogens is 2. The maximum absolute atomic E-state index is 12.7. The van der Waals surface area contributed by atoms with Crippen molar-refractivity contribution in [2.45, 2.75) is 101 Å². The Hall–Kier alpha value is -3.71. The van der Waals surface area contributed by atoms with Crippen molar-refractivity contribution in [3.05, 3.63) is 101 Å². The van der Waals surface area contributed by atoms with Crippen LogP contribution in [0.4, 0.5) is 13.2 Å². The first-order valence-electron chi connectivity index (χ1n) is 16.8. The minimum absolute atomic E-state index is 0.201.